The van der Waals surface area contributed by atoms with Crippen molar-refractivity contribution >= 4 is 13.7 Å². The molecule has 0 radical (unpaired) electrons. The summed E-state index contributed by atoms with van der Waals surface area (Å²) >= 11 is 0. The van der Waals surface area contributed by atoms with Gasteiger partial charge in [0.1, 0.15) is 0 Å². The Bertz CT molecular complexity index is 262. The van der Waals surface area contributed by atoms with E-state index in [1.54, 1.807) is 0 Å². The molecule has 0 bridgehead atoms. The van der Waals surface area contributed by atoms with Crippen molar-refractivity contribution in [2.75, 3.05) is 26.3 Å². The minimum absolute atomic E-state index is 0.0636. The van der Waals surface area contributed by atoms with Crippen molar-refractivity contribution in [3.05, 3.63) is 0 Å². The van der Waals surface area contributed by atoms with Crippen LogP contribution in [0.4, 0.5) is 0 Å². The van der Waals surface area contributed by atoms with E-state index in [0.717, 1.165) is 0 Å². The van der Waals surface area contributed by atoms with Gasteiger partial charge in [0.25, 0.3) is 0 Å². The largest absolute Gasteiger partial charge is 0.472 e. The molecule has 0 saturated heterocycles. The van der Waals surface area contributed by atoms with Gasteiger partial charge in [-0.05, 0) is 19.4 Å². The lowest BCUT2D eigenvalue weighted by Crippen LogP contribution is -2.27. The first-order chi connectivity index (χ1) is 8.02. The zero-order valence-electron chi connectivity index (χ0n) is 10.1. The molecule has 0 fully saturated rings. The lowest BCUT2D eigenvalue weighted by atomic mass is 10.3. The predicted molar refractivity (Wildman–Crippen MR) is 63.3 cm³/mol. The Morgan fingerprint density at radius 1 is 1.41 bits per heavy atom. The van der Waals surface area contributed by atoms with E-state index in [9.17, 15) is 9.36 Å². The highest BCUT2D eigenvalue weighted by molar-refractivity contribution is 7.47. The van der Waals surface area contributed by atoms with Crippen molar-refractivity contribution in [2.45, 2.75) is 26.2 Å². The fraction of sp³-hybridized carbons (Fsp3) is 0.889. The van der Waals surface area contributed by atoms with Crippen LogP contribution in [0.3, 0.4) is 0 Å². The number of nitrogens with two attached hydrogens (primary N) is 1. The average molecular weight is 268 g/mol. The normalized spacial score (nSPS) is 14.3. The third-order valence-electron chi connectivity index (χ3n) is 1.75. The molecule has 0 rings (SSSR count). The number of rotatable bonds is 10. The molecule has 7 nitrogen and oxygen atoms in total. The lowest BCUT2D eigenvalue weighted by Gasteiger charge is -2.11. The molecule has 0 aromatic rings. The van der Waals surface area contributed by atoms with Gasteiger partial charge in [-0.15, -0.1) is 0 Å². The third-order valence-corrected chi connectivity index (χ3v) is 2.76. The quantitative estimate of drug-likeness (QED) is 0.390. The molecule has 0 aliphatic rings. The zero-order valence-corrected chi connectivity index (χ0v) is 10.9. The van der Waals surface area contributed by atoms with Crippen molar-refractivity contribution in [2.24, 2.45) is 5.73 Å². The van der Waals surface area contributed by atoms with Crippen LogP contribution in [0, 0.1) is 0 Å². The van der Waals surface area contributed by atoms with Crippen molar-refractivity contribution in [3.8, 4) is 0 Å². The first-order valence-electron chi connectivity index (χ1n) is 5.60. The molecule has 0 saturated carbocycles. The lowest BCUT2D eigenvalue weighted by molar-refractivity contribution is -0.121. The van der Waals surface area contributed by atoms with Crippen molar-refractivity contribution < 1.29 is 23.3 Å². The molecule has 102 valence electrons. The molecule has 8 heteroatoms. The highest BCUT2D eigenvalue weighted by Gasteiger charge is 2.19. The molecule has 1 unspecified atom stereocenters. The van der Waals surface area contributed by atoms with Gasteiger partial charge in [-0.3, -0.25) is 13.8 Å². The molecule has 0 heterocycles. The number of nitrogens with one attached hydrogen (secondary N) is 1. The summed E-state index contributed by atoms with van der Waals surface area (Å²) in [6, 6.07) is 0. The number of phosphoric ester groups is 1. The van der Waals surface area contributed by atoms with E-state index < -0.39 is 7.82 Å². The number of amides is 1. The van der Waals surface area contributed by atoms with E-state index in [1.165, 1.54) is 0 Å². The second-order valence-corrected chi connectivity index (χ2v) is 4.83. The van der Waals surface area contributed by atoms with Gasteiger partial charge in [0.15, 0.2) is 0 Å². The third kappa shape index (κ3) is 10.4. The minimum atomic E-state index is -3.96. The van der Waals surface area contributed by atoms with Crippen LogP contribution >= 0.6 is 7.82 Å². The van der Waals surface area contributed by atoms with Crippen LogP contribution in [0.25, 0.3) is 0 Å². The van der Waals surface area contributed by atoms with Gasteiger partial charge in [-0.2, -0.15) is 0 Å². The maximum Gasteiger partial charge on any atom is 0.472 e. The zero-order chi connectivity index (χ0) is 13.1. The summed E-state index contributed by atoms with van der Waals surface area (Å²) in [4.78, 5) is 20.2. The second kappa shape index (κ2) is 9.56. The summed E-state index contributed by atoms with van der Waals surface area (Å²) < 4.78 is 20.4. The average Bonchev–Trinajstić information content (AvgIpc) is 2.29. The predicted octanol–water partition coefficient (Wildman–Crippen LogP) is 0.385. The fourth-order valence-corrected chi connectivity index (χ4v) is 1.76. The number of carbonyl (C=O) groups excluding carboxylic acids is 1. The summed E-state index contributed by atoms with van der Waals surface area (Å²) in [5.41, 5.74) is 5.24. The standard InChI is InChI=1S/C9H21N2O5P/c1-2-7-15-17(13,14)16-8-6-11-9(12)4-3-5-10/h2-8,10H2,1H3,(H,11,12)(H,13,14). The Kier molecular flexibility index (Phi) is 9.30. The van der Waals surface area contributed by atoms with Gasteiger partial charge in [-0.1, -0.05) is 6.92 Å². The Morgan fingerprint density at radius 3 is 2.65 bits per heavy atom. The van der Waals surface area contributed by atoms with Crippen LogP contribution in [0.15, 0.2) is 0 Å². The Hall–Kier alpha value is -0.460. The highest BCUT2D eigenvalue weighted by atomic mass is 31.2. The fourth-order valence-electron chi connectivity index (χ4n) is 0.946. The molecule has 0 aliphatic heterocycles. The summed E-state index contributed by atoms with van der Waals surface area (Å²) in [6.45, 7) is 2.55. The van der Waals surface area contributed by atoms with Crippen LogP contribution in [0.1, 0.15) is 26.2 Å². The maximum absolute atomic E-state index is 11.2. The summed E-state index contributed by atoms with van der Waals surface area (Å²) in [5.74, 6) is -0.152. The molecule has 4 N–H and O–H groups in total. The molecular formula is C9H21N2O5P. The second-order valence-electron chi connectivity index (χ2n) is 3.38. The van der Waals surface area contributed by atoms with Crippen molar-refractivity contribution in [1.29, 1.82) is 0 Å². The number of carbonyl (C=O) groups is 1. The summed E-state index contributed by atoms with van der Waals surface area (Å²) in [5, 5.41) is 2.54. The van der Waals surface area contributed by atoms with Crippen LogP contribution in [0.5, 0.6) is 0 Å². The minimum Gasteiger partial charge on any atom is -0.354 e. The maximum atomic E-state index is 11.2. The van der Waals surface area contributed by atoms with Gasteiger partial charge < -0.3 is 15.9 Å². The van der Waals surface area contributed by atoms with Gasteiger partial charge >= 0.3 is 7.82 Å². The summed E-state index contributed by atoms with van der Waals surface area (Å²) in [7, 11) is -3.96. The Labute approximate surface area is 101 Å². The van der Waals surface area contributed by atoms with E-state index >= 15 is 0 Å². The molecule has 1 amide bonds. The van der Waals surface area contributed by atoms with Crippen LogP contribution < -0.4 is 11.1 Å². The Balaban J connectivity index is 3.56. The van der Waals surface area contributed by atoms with E-state index in [4.69, 9.17) is 10.6 Å². The molecule has 0 spiro atoms. The molecule has 0 aromatic heterocycles. The molecule has 0 aromatic carbocycles. The molecule has 0 aliphatic carbocycles. The van der Waals surface area contributed by atoms with Gasteiger partial charge in [0.2, 0.25) is 5.91 Å². The van der Waals surface area contributed by atoms with Crippen LogP contribution in [-0.2, 0) is 18.4 Å². The highest BCUT2D eigenvalue weighted by Crippen LogP contribution is 2.42. The van der Waals surface area contributed by atoms with E-state index in [-0.39, 0.29) is 25.7 Å². The number of phosphoric acid groups is 1. The molecule has 1 atom stereocenters. The SMILES string of the molecule is CCCOP(=O)(O)OCCNC(=O)CCCN. The van der Waals surface area contributed by atoms with Gasteiger partial charge in [-0.25, -0.2) is 4.57 Å². The number of hydrogen-bond acceptors (Lipinski definition) is 5. The van der Waals surface area contributed by atoms with Crippen LogP contribution in [0.2, 0.25) is 0 Å². The van der Waals surface area contributed by atoms with Gasteiger partial charge in [0, 0.05) is 13.0 Å². The number of hydrogen-bond donors (Lipinski definition) is 3. The first kappa shape index (κ1) is 16.5. The molecular weight excluding hydrogens is 247 g/mol. The monoisotopic (exact) mass is 268 g/mol. The van der Waals surface area contributed by atoms with Crippen molar-refractivity contribution in [1.82, 2.24) is 5.32 Å². The van der Waals surface area contributed by atoms with Gasteiger partial charge in [0.05, 0.1) is 13.2 Å². The Morgan fingerprint density at radius 2 is 2.06 bits per heavy atom. The smallest absolute Gasteiger partial charge is 0.354 e. The van der Waals surface area contributed by atoms with Crippen molar-refractivity contribution in [3.63, 3.8) is 0 Å². The first-order valence-corrected chi connectivity index (χ1v) is 7.10. The van der Waals surface area contributed by atoms with Crippen LogP contribution in [-0.4, -0.2) is 37.1 Å². The topological polar surface area (TPSA) is 111 Å². The summed E-state index contributed by atoms with van der Waals surface area (Å²) in [6.07, 6.45) is 1.59. The molecule has 17 heavy (non-hydrogen) atoms. The van der Waals surface area contributed by atoms with E-state index in [1.807, 2.05) is 6.92 Å². The van der Waals surface area contributed by atoms with E-state index in [0.29, 0.717) is 25.8 Å². The van der Waals surface area contributed by atoms with E-state index in [2.05, 4.69) is 14.4 Å².